The Bertz CT molecular complexity index is 9.22. The van der Waals surface area contributed by atoms with Gasteiger partial charge in [-0.15, -0.1) is 0 Å². The molecular weight excluding hydrogens is 430 g/mol. The molecule has 10 heavy (non-hydrogen) atoms. The smallest absolute Gasteiger partial charge is 1.00 e. The predicted octanol–water partition coefficient (Wildman–Crippen LogP) is -24.3. The average molecular weight is 430 g/mol. The van der Waals surface area contributed by atoms with Crippen LogP contribution in [0.2, 0.25) is 0 Å². The van der Waals surface area contributed by atoms with Gasteiger partial charge in [0.2, 0.25) is 0 Å². The van der Waals surface area contributed by atoms with Crippen molar-refractivity contribution in [2.24, 2.45) is 0 Å². The van der Waals surface area contributed by atoms with Crippen molar-refractivity contribution in [1.82, 2.24) is 0 Å². The molecule has 0 aliphatic carbocycles. The summed E-state index contributed by atoms with van der Waals surface area (Å²) < 4.78 is 0. The Morgan fingerprint density at radius 3 is 0.300 bits per heavy atom. The van der Waals surface area contributed by atoms with Crippen LogP contribution < -0.4 is 37.6 Å². The summed E-state index contributed by atoms with van der Waals surface area (Å²) in [5, 5.41) is 0. The third-order valence-corrected chi connectivity index (χ3v) is 0. The third kappa shape index (κ3) is 243. The van der Waals surface area contributed by atoms with Crippen molar-refractivity contribution < 1.29 is 68.7 Å². The fourth-order valence-electron chi connectivity index (χ4n) is 0. The van der Waals surface area contributed by atoms with Gasteiger partial charge in [-0.3, -0.25) is 0 Å². The molecule has 0 spiro atoms. The van der Waals surface area contributed by atoms with E-state index in [-0.39, 0.29) is 106 Å². The van der Waals surface area contributed by atoms with Crippen molar-refractivity contribution in [3.05, 3.63) is 0 Å². The summed E-state index contributed by atoms with van der Waals surface area (Å²) in [5.74, 6) is 0. The third-order valence-electron chi connectivity index (χ3n) is 0. The van der Waals surface area contributed by atoms with Crippen molar-refractivity contribution in [2.75, 3.05) is 0 Å². The molecular formula is CaF8U-6. The molecule has 0 saturated carbocycles. The van der Waals surface area contributed by atoms with E-state index in [1.165, 1.54) is 0 Å². The van der Waals surface area contributed by atoms with E-state index in [0.29, 0.717) is 0 Å². The van der Waals surface area contributed by atoms with E-state index in [0.717, 1.165) is 0 Å². The number of rotatable bonds is 0. The van der Waals surface area contributed by atoms with Crippen LogP contribution in [0.25, 0.3) is 0 Å². The van der Waals surface area contributed by atoms with Crippen molar-refractivity contribution >= 4 is 37.7 Å². The molecule has 0 aromatic rings. The molecule has 0 nitrogen and oxygen atoms in total. The van der Waals surface area contributed by atoms with Crippen LogP contribution in [0.1, 0.15) is 0 Å². The maximum absolute atomic E-state index is 0. The van der Waals surface area contributed by atoms with Gasteiger partial charge in [-0.1, -0.05) is 0 Å². The first-order chi connectivity index (χ1) is 0. The van der Waals surface area contributed by atoms with E-state index in [1.807, 2.05) is 0 Å². The Kier molecular flexibility index (Phi) is 14800. The number of hydrogen-bond donors (Lipinski definition) is 0. The molecule has 0 radical (unpaired) electrons. The maximum Gasteiger partial charge on any atom is 2.00 e. The molecule has 0 saturated heterocycles. The zero-order valence-electron chi connectivity index (χ0n) is 4.23. The zero-order valence-corrected chi connectivity index (χ0v) is 10.6. The molecule has 10 heteroatoms. The summed E-state index contributed by atoms with van der Waals surface area (Å²) >= 11 is 0. The fourth-order valence-corrected chi connectivity index (χ4v) is 0. The Balaban J connectivity index is 0. The van der Waals surface area contributed by atoms with Crippen LogP contribution in [0.3, 0.4) is 0 Å². The van der Waals surface area contributed by atoms with Crippen LogP contribution >= 0.6 is 0 Å². The molecule has 0 bridgehead atoms. The molecule has 0 aliphatic heterocycles. The molecule has 0 fully saturated rings. The van der Waals surface area contributed by atoms with Crippen molar-refractivity contribution in [3.63, 3.8) is 0 Å². The molecule has 0 aliphatic rings. The fraction of sp³-hybridized carbons (Fsp3) is 0. The van der Waals surface area contributed by atoms with Crippen molar-refractivity contribution in [2.45, 2.75) is 0 Å². The van der Waals surface area contributed by atoms with Gasteiger partial charge in [0.25, 0.3) is 0 Å². The van der Waals surface area contributed by atoms with Crippen LogP contribution in [-0.2, 0) is 0 Å². The minimum Gasteiger partial charge on any atom is -1.00 e. The van der Waals surface area contributed by atoms with Crippen molar-refractivity contribution in [3.8, 4) is 0 Å². The summed E-state index contributed by atoms with van der Waals surface area (Å²) in [5.41, 5.74) is 0. The quantitative estimate of drug-likeness (QED) is 0.265. The Labute approximate surface area is 105 Å². The molecule has 0 atom stereocenters. The molecule has 68 valence electrons. The summed E-state index contributed by atoms with van der Waals surface area (Å²) in [6.45, 7) is 0. The van der Waals surface area contributed by atoms with Gasteiger partial charge in [-0.25, -0.2) is 0 Å². The summed E-state index contributed by atoms with van der Waals surface area (Å²) in [6, 6.07) is 0. The minimum absolute atomic E-state index is 0. The van der Waals surface area contributed by atoms with E-state index in [1.54, 1.807) is 0 Å². The van der Waals surface area contributed by atoms with Gasteiger partial charge >= 0.3 is 37.7 Å². The number of hydrogen-bond acceptors (Lipinski definition) is 0. The van der Waals surface area contributed by atoms with Gasteiger partial charge in [0.1, 0.15) is 0 Å². The SMILES string of the molecule is [Ca+2].[F-].[F-].[F-].[F-].[F-].[F-].[F-].[F-].[U]. The Morgan fingerprint density at radius 1 is 0.300 bits per heavy atom. The van der Waals surface area contributed by atoms with Gasteiger partial charge in [-0.05, 0) is 0 Å². The second-order valence-corrected chi connectivity index (χ2v) is 0. The molecule has 0 heterocycles. The van der Waals surface area contributed by atoms with E-state index >= 15 is 0 Å². The van der Waals surface area contributed by atoms with Gasteiger partial charge in [0.05, 0.1) is 0 Å². The first-order valence-corrected chi connectivity index (χ1v) is 0. The van der Waals surface area contributed by atoms with Crippen LogP contribution in [0.5, 0.6) is 0 Å². The average Bonchev–Trinajstić information content (AvgIpc) is 0. The Morgan fingerprint density at radius 2 is 0.300 bits per heavy atom. The molecule has 0 amide bonds. The van der Waals surface area contributed by atoms with Crippen LogP contribution in [-0.4, -0.2) is 37.7 Å². The standard InChI is InChI=1S/Ca.8FH.U/h;8*1H;/q+2;;;;;;;;;/p-8. The molecule has 0 unspecified atom stereocenters. The first kappa shape index (κ1) is 443. The normalized spacial score (nSPS) is 0. The monoisotopic (exact) mass is 430 g/mol. The van der Waals surface area contributed by atoms with E-state index in [4.69, 9.17) is 0 Å². The topological polar surface area (TPSA) is 0 Å². The minimum atomic E-state index is 0. The molecule has 0 rings (SSSR count). The van der Waals surface area contributed by atoms with Gasteiger partial charge < -0.3 is 37.6 Å². The Hall–Kier alpha value is 1.75. The predicted molar refractivity (Wildman–Crippen MR) is 5.75 cm³/mol. The van der Waals surface area contributed by atoms with Crippen LogP contribution in [0, 0.1) is 31.1 Å². The van der Waals surface area contributed by atoms with E-state index < -0.39 is 0 Å². The zero-order chi connectivity index (χ0) is 0. The van der Waals surface area contributed by atoms with Gasteiger partial charge in [-0.2, -0.15) is 0 Å². The summed E-state index contributed by atoms with van der Waals surface area (Å²) in [4.78, 5) is 0. The second kappa shape index (κ2) is 333. The van der Waals surface area contributed by atoms with Gasteiger partial charge in [0.15, 0.2) is 0 Å². The van der Waals surface area contributed by atoms with Gasteiger partial charge in [0, 0.05) is 31.1 Å². The summed E-state index contributed by atoms with van der Waals surface area (Å²) in [6.07, 6.45) is 0. The summed E-state index contributed by atoms with van der Waals surface area (Å²) in [7, 11) is 0. The van der Waals surface area contributed by atoms with E-state index in [9.17, 15) is 0 Å². The largest absolute Gasteiger partial charge is 2.00 e. The molecule has 0 N–H and O–H groups in total. The van der Waals surface area contributed by atoms with Crippen LogP contribution in [0.15, 0.2) is 0 Å². The molecule has 0 aromatic heterocycles. The van der Waals surface area contributed by atoms with Crippen LogP contribution in [0.4, 0.5) is 0 Å². The number of halogens is 8. The van der Waals surface area contributed by atoms with E-state index in [2.05, 4.69) is 0 Å². The van der Waals surface area contributed by atoms with Crippen molar-refractivity contribution in [1.29, 1.82) is 0 Å². The molecule has 0 aromatic carbocycles. The second-order valence-electron chi connectivity index (χ2n) is 0. The maximum atomic E-state index is 0. The first-order valence-electron chi connectivity index (χ1n) is 0.